The first-order chi connectivity index (χ1) is 26.5. The van der Waals surface area contributed by atoms with Crippen LogP contribution in [0.3, 0.4) is 0 Å². The van der Waals surface area contributed by atoms with Gasteiger partial charge in [0.25, 0.3) is 0 Å². The van der Waals surface area contributed by atoms with Crippen LogP contribution >= 0.6 is 0 Å². The van der Waals surface area contributed by atoms with Gasteiger partial charge in [-0.15, -0.1) is 0 Å². The number of ether oxygens (including phenoxy) is 3. The number of rotatable bonds is 37. The van der Waals surface area contributed by atoms with E-state index in [9.17, 15) is 14.4 Å². The molecule has 6 nitrogen and oxygen atoms in total. The van der Waals surface area contributed by atoms with Crippen molar-refractivity contribution in [1.29, 1.82) is 0 Å². The lowest BCUT2D eigenvalue weighted by Crippen LogP contribution is -2.30. The van der Waals surface area contributed by atoms with Crippen LogP contribution in [0.4, 0.5) is 0 Å². The summed E-state index contributed by atoms with van der Waals surface area (Å²) < 4.78 is 16.5. The summed E-state index contributed by atoms with van der Waals surface area (Å²) in [6, 6.07) is 0. The predicted molar refractivity (Wildman–Crippen MR) is 228 cm³/mol. The zero-order valence-electron chi connectivity index (χ0n) is 34.7. The summed E-state index contributed by atoms with van der Waals surface area (Å²) in [6.45, 7) is 6.32. The van der Waals surface area contributed by atoms with Gasteiger partial charge in [0.15, 0.2) is 6.10 Å². The highest BCUT2D eigenvalue weighted by Gasteiger charge is 2.19. The van der Waals surface area contributed by atoms with Crippen LogP contribution in [0.5, 0.6) is 0 Å². The summed E-state index contributed by atoms with van der Waals surface area (Å²) in [5.74, 6) is -1.03. The standard InChI is InChI=1S/C48H78O6/c1-4-7-10-13-16-19-21-22-23-24-25-26-27-30-32-35-38-41-47(50)53-44-45(43-52-46(49)40-37-34-31-28-18-15-12-9-6-3)54-48(51)42-39-36-33-29-20-17-14-11-8-5-2/h7,10,14,16-17,19,22-23,25-26,28,30-32,45H,4-6,8-9,11-13,15,18,20-21,24,27,29,33-44H2,1-3H3/b10-7-,17-14-,19-16-,23-22-,26-25-,31-28-,32-30-. The van der Waals surface area contributed by atoms with Crippen LogP contribution in [0.15, 0.2) is 85.1 Å². The monoisotopic (exact) mass is 751 g/mol. The van der Waals surface area contributed by atoms with Gasteiger partial charge in [-0.1, -0.05) is 151 Å². The van der Waals surface area contributed by atoms with E-state index in [1.165, 1.54) is 38.5 Å². The summed E-state index contributed by atoms with van der Waals surface area (Å²) in [5, 5.41) is 0. The van der Waals surface area contributed by atoms with E-state index >= 15 is 0 Å². The smallest absolute Gasteiger partial charge is 0.306 e. The van der Waals surface area contributed by atoms with Crippen molar-refractivity contribution in [3.05, 3.63) is 85.1 Å². The van der Waals surface area contributed by atoms with Crippen LogP contribution in [0.25, 0.3) is 0 Å². The summed E-state index contributed by atoms with van der Waals surface area (Å²) in [7, 11) is 0. The second kappa shape index (κ2) is 42.3. The molecule has 0 aromatic heterocycles. The van der Waals surface area contributed by atoms with Crippen LogP contribution in [-0.4, -0.2) is 37.2 Å². The molecule has 0 radical (unpaired) electrons. The van der Waals surface area contributed by atoms with E-state index in [0.717, 1.165) is 89.9 Å². The van der Waals surface area contributed by atoms with E-state index < -0.39 is 6.10 Å². The second-order valence-electron chi connectivity index (χ2n) is 13.9. The maximum absolute atomic E-state index is 12.6. The van der Waals surface area contributed by atoms with Crippen LogP contribution in [0, 0.1) is 0 Å². The molecule has 306 valence electrons. The summed E-state index contributed by atoms with van der Waals surface area (Å²) in [6.07, 6.45) is 53.0. The fourth-order valence-corrected chi connectivity index (χ4v) is 5.34. The minimum Gasteiger partial charge on any atom is -0.462 e. The molecule has 0 rings (SSSR count). The molecule has 0 aliphatic carbocycles. The van der Waals surface area contributed by atoms with Crippen LogP contribution in [-0.2, 0) is 28.6 Å². The van der Waals surface area contributed by atoms with Gasteiger partial charge in [0, 0.05) is 19.3 Å². The first-order valence-corrected chi connectivity index (χ1v) is 21.6. The Bertz CT molecular complexity index is 1090. The lowest BCUT2D eigenvalue weighted by atomic mass is 10.1. The zero-order chi connectivity index (χ0) is 39.4. The Morgan fingerprint density at radius 2 is 0.759 bits per heavy atom. The van der Waals surface area contributed by atoms with Gasteiger partial charge in [0.05, 0.1) is 0 Å². The molecule has 0 fully saturated rings. The van der Waals surface area contributed by atoms with Gasteiger partial charge >= 0.3 is 17.9 Å². The van der Waals surface area contributed by atoms with E-state index in [0.29, 0.717) is 25.7 Å². The lowest BCUT2D eigenvalue weighted by Gasteiger charge is -2.18. The highest BCUT2D eigenvalue weighted by atomic mass is 16.6. The molecule has 0 aliphatic heterocycles. The Morgan fingerprint density at radius 3 is 1.24 bits per heavy atom. The third kappa shape index (κ3) is 39.8. The molecule has 1 atom stereocenters. The maximum atomic E-state index is 12.6. The van der Waals surface area contributed by atoms with E-state index in [-0.39, 0.29) is 37.5 Å². The summed E-state index contributed by atoms with van der Waals surface area (Å²) >= 11 is 0. The first-order valence-electron chi connectivity index (χ1n) is 21.6. The molecule has 0 aliphatic rings. The normalized spacial score (nSPS) is 12.9. The molecule has 0 saturated heterocycles. The van der Waals surface area contributed by atoms with E-state index in [2.05, 4.69) is 106 Å². The van der Waals surface area contributed by atoms with Gasteiger partial charge in [-0.25, -0.2) is 0 Å². The summed E-state index contributed by atoms with van der Waals surface area (Å²) in [5.41, 5.74) is 0. The Labute approximate surface area is 331 Å². The Kier molecular flexibility index (Phi) is 39.7. The van der Waals surface area contributed by atoms with Crippen molar-refractivity contribution in [1.82, 2.24) is 0 Å². The number of allylic oxidation sites excluding steroid dienone is 14. The van der Waals surface area contributed by atoms with E-state index in [1.807, 2.05) is 0 Å². The SMILES string of the molecule is CC/C=C\C/C=C\C/C=C\C/C=C\C/C=C\CCCC(=O)OCC(COC(=O)CCC/C=C\CCCCCC)OC(=O)CCCCCC/C=C\CCCC. The van der Waals surface area contributed by atoms with Gasteiger partial charge in [0.1, 0.15) is 13.2 Å². The van der Waals surface area contributed by atoms with Gasteiger partial charge in [-0.05, 0) is 96.3 Å². The van der Waals surface area contributed by atoms with Gasteiger partial charge in [-0.2, -0.15) is 0 Å². The lowest BCUT2D eigenvalue weighted by molar-refractivity contribution is -0.167. The highest BCUT2D eigenvalue weighted by molar-refractivity contribution is 5.71. The van der Waals surface area contributed by atoms with Crippen LogP contribution in [0.2, 0.25) is 0 Å². The number of unbranched alkanes of at least 4 members (excludes halogenated alkanes) is 12. The van der Waals surface area contributed by atoms with Crippen molar-refractivity contribution in [3.63, 3.8) is 0 Å². The van der Waals surface area contributed by atoms with E-state index in [1.54, 1.807) is 0 Å². The average molecular weight is 751 g/mol. The van der Waals surface area contributed by atoms with Crippen molar-refractivity contribution in [2.75, 3.05) is 13.2 Å². The zero-order valence-corrected chi connectivity index (χ0v) is 34.7. The minimum atomic E-state index is -0.812. The van der Waals surface area contributed by atoms with Crippen LogP contribution < -0.4 is 0 Å². The number of carbonyl (C=O) groups is 3. The van der Waals surface area contributed by atoms with Crippen molar-refractivity contribution < 1.29 is 28.6 Å². The van der Waals surface area contributed by atoms with Gasteiger partial charge in [0.2, 0.25) is 0 Å². The molecular weight excluding hydrogens is 673 g/mol. The van der Waals surface area contributed by atoms with Crippen molar-refractivity contribution in [2.24, 2.45) is 0 Å². The topological polar surface area (TPSA) is 78.9 Å². The Hall–Kier alpha value is -3.41. The molecule has 0 N–H and O–H groups in total. The fraction of sp³-hybridized carbons (Fsp3) is 0.646. The van der Waals surface area contributed by atoms with Gasteiger partial charge in [-0.3, -0.25) is 14.4 Å². The Balaban J connectivity index is 4.49. The predicted octanol–water partition coefficient (Wildman–Crippen LogP) is 13.7. The van der Waals surface area contributed by atoms with Crippen molar-refractivity contribution in [3.8, 4) is 0 Å². The Morgan fingerprint density at radius 1 is 0.389 bits per heavy atom. The molecule has 0 amide bonds. The van der Waals surface area contributed by atoms with Crippen molar-refractivity contribution >= 4 is 17.9 Å². The molecule has 6 heteroatoms. The molecule has 0 spiro atoms. The maximum Gasteiger partial charge on any atom is 0.306 e. The molecular formula is C48H78O6. The van der Waals surface area contributed by atoms with Crippen LogP contribution in [0.1, 0.15) is 181 Å². The minimum absolute atomic E-state index is 0.116. The number of hydrogen-bond acceptors (Lipinski definition) is 6. The van der Waals surface area contributed by atoms with Gasteiger partial charge < -0.3 is 14.2 Å². The average Bonchev–Trinajstić information content (AvgIpc) is 3.17. The fourth-order valence-electron chi connectivity index (χ4n) is 5.34. The number of esters is 3. The largest absolute Gasteiger partial charge is 0.462 e. The second-order valence-corrected chi connectivity index (χ2v) is 13.9. The molecule has 0 saturated carbocycles. The third-order valence-electron chi connectivity index (χ3n) is 8.60. The third-order valence-corrected chi connectivity index (χ3v) is 8.60. The highest BCUT2D eigenvalue weighted by Crippen LogP contribution is 2.11. The molecule has 0 heterocycles. The molecule has 0 aromatic rings. The molecule has 0 aromatic carbocycles. The molecule has 1 unspecified atom stereocenters. The summed E-state index contributed by atoms with van der Waals surface area (Å²) in [4.78, 5) is 37.5. The molecule has 0 bridgehead atoms. The number of carbonyl (C=O) groups excluding carboxylic acids is 3. The quantitative estimate of drug-likeness (QED) is 0.0272. The molecule has 54 heavy (non-hydrogen) atoms. The van der Waals surface area contributed by atoms with E-state index in [4.69, 9.17) is 14.2 Å². The van der Waals surface area contributed by atoms with Crippen molar-refractivity contribution in [2.45, 2.75) is 187 Å². The number of hydrogen-bond donors (Lipinski definition) is 0. The first kappa shape index (κ1) is 50.6.